The fourth-order valence-electron chi connectivity index (χ4n) is 2.45. The van der Waals surface area contributed by atoms with Crippen LogP contribution in [0, 0.1) is 25.6 Å². The van der Waals surface area contributed by atoms with Crippen molar-refractivity contribution in [1.29, 1.82) is 0 Å². The molecule has 2 aromatic rings. The number of aromatic amines is 1. The van der Waals surface area contributed by atoms with Crippen LogP contribution in [0.25, 0.3) is 0 Å². The molecule has 0 bridgehead atoms. The molecule has 0 saturated carbocycles. The number of H-pyrrole nitrogens is 1. The van der Waals surface area contributed by atoms with Gasteiger partial charge in [-0.1, -0.05) is 19.1 Å². The Morgan fingerprint density at radius 2 is 2.00 bits per heavy atom. The van der Waals surface area contributed by atoms with Crippen LogP contribution in [0.4, 0.5) is 4.39 Å². The molecular formula is C17H22FN3O2. The van der Waals surface area contributed by atoms with E-state index in [1.54, 1.807) is 0 Å². The Balaban J connectivity index is 1.87. The summed E-state index contributed by atoms with van der Waals surface area (Å²) in [6.45, 7) is 5.77. The zero-order valence-corrected chi connectivity index (χ0v) is 13.6. The molecule has 1 amide bonds. The molecule has 0 aliphatic heterocycles. The summed E-state index contributed by atoms with van der Waals surface area (Å²) in [5, 5.41) is 19.8. The van der Waals surface area contributed by atoms with Crippen molar-refractivity contribution in [2.45, 2.75) is 33.3 Å². The molecule has 5 nitrogen and oxygen atoms in total. The Kier molecular flexibility index (Phi) is 5.50. The van der Waals surface area contributed by atoms with Gasteiger partial charge in [-0.15, -0.1) is 0 Å². The van der Waals surface area contributed by atoms with E-state index in [2.05, 4.69) is 15.5 Å². The summed E-state index contributed by atoms with van der Waals surface area (Å²) in [6, 6.07) is 5.59. The summed E-state index contributed by atoms with van der Waals surface area (Å²) in [4.78, 5) is 12.2. The Morgan fingerprint density at radius 1 is 1.35 bits per heavy atom. The molecule has 1 heterocycles. The van der Waals surface area contributed by atoms with Gasteiger partial charge in [-0.3, -0.25) is 9.89 Å². The van der Waals surface area contributed by atoms with E-state index in [0.29, 0.717) is 12.0 Å². The van der Waals surface area contributed by atoms with Crippen LogP contribution in [-0.2, 0) is 11.2 Å². The summed E-state index contributed by atoms with van der Waals surface area (Å²) in [7, 11) is 0. The minimum Gasteiger partial charge on any atom is -0.387 e. The molecule has 2 unspecified atom stereocenters. The smallest absolute Gasteiger partial charge is 0.223 e. The number of carbonyl (C=O) groups is 1. The molecule has 1 aromatic heterocycles. The number of aryl methyl sites for hydroxylation is 2. The standard InChI is InChI=1S/C17H22FN3O2/c1-10(8-15-11(2)20-21-12(15)3)17(23)19-9-16(22)13-4-6-14(18)7-5-13/h4-7,10,16,22H,8-9H2,1-3H3,(H,19,23)(H,20,21). The van der Waals surface area contributed by atoms with E-state index >= 15 is 0 Å². The second-order valence-corrected chi connectivity index (χ2v) is 5.83. The summed E-state index contributed by atoms with van der Waals surface area (Å²) < 4.78 is 12.9. The number of aromatic nitrogens is 2. The first-order valence-electron chi connectivity index (χ1n) is 7.60. The summed E-state index contributed by atoms with van der Waals surface area (Å²) in [6.07, 6.45) is -0.267. The number of amides is 1. The number of carbonyl (C=O) groups excluding carboxylic acids is 1. The molecule has 23 heavy (non-hydrogen) atoms. The highest BCUT2D eigenvalue weighted by atomic mass is 19.1. The Hall–Kier alpha value is -2.21. The fraction of sp³-hybridized carbons (Fsp3) is 0.412. The molecule has 6 heteroatoms. The van der Waals surface area contributed by atoms with Crippen molar-refractivity contribution >= 4 is 5.91 Å². The highest BCUT2D eigenvalue weighted by Crippen LogP contribution is 2.16. The number of hydrogen-bond donors (Lipinski definition) is 3. The van der Waals surface area contributed by atoms with E-state index in [0.717, 1.165) is 17.0 Å². The third kappa shape index (κ3) is 4.39. The molecule has 0 aliphatic rings. The summed E-state index contributed by atoms with van der Waals surface area (Å²) in [5.41, 5.74) is 3.48. The highest BCUT2D eigenvalue weighted by Gasteiger charge is 2.18. The molecule has 3 N–H and O–H groups in total. The van der Waals surface area contributed by atoms with Gasteiger partial charge < -0.3 is 10.4 Å². The molecule has 124 valence electrons. The number of nitrogens with zero attached hydrogens (tertiary/aromatic N) is 1. The van der Waals surface area contributed by atoms with Crippen LogP contribution in [0.5, 0.6) is 0 Å². The van der Waals surface area contributed by atoms with Crippen molar-refractivity contribution in [2.24, 2.45) is 5.92 Å². The quantitative estimate of drug-likeness (QED) is 0.764. The maximum Gasteiger partial charge on any atom is 0.223 e. The topological polar surface area (TPSA) is 78.0 Å². The van der Waals surface area contributed by atoms with Crippen LogP contribution in [0.15, 0.2) is 24.3 Å². The predicted octanol–water partition coefficient (Wildman–Crippen LogP) is 2.19. The van der Waals surface area contributed by atoms with Crippen molar-refractivity contribution in [2.75, 3.05) is 6.54 Å². The Labute approximate surface area is 134 Å². The molecule has 0 spiro atoms. The van der Waals surface area contributed by atoms with Gasteiger partial charge in [-0.05, 0) is 43.5 Å². The maximum atomic E-state index is 12.9. The Morgan fingerprint density at radius 3 is 2.57 bits per heavy atom. The minimum atomic E-state index is -0.857. The summed E-state index contributed by atoms with van der Waals surface area (Å²) in [5.74, 6) is -0.721. The van der Waals surface area contributed by atoms with Gasteiger partial charge in [0.05, 0.1) is 11.8 Å². The molecule has 0 saturated heterocycles. The molecule has 2 rings (SSSR count). The van der Waals surface area contributed by atoms with Crippen LogP contribution in [0.1, 0.15) is 35.5 Å². The van der Waals surface area contributed by atoms with Crippen molar-refractivity contribution in [3.63, 3.8) is 0 Å². The second kappa shape index (κ2) is 7.37. The number of halogens is 1. The van der Waals surface area contributed by atoms with Gasteiger partial charge in [0, 0.05) is 18.2 Å². The van der Waals surface area contributed by atoms with E-state index in [1.165, 1.54) is 24.3 Å². The highest BCUT2D eigenvalue weighted by molar-refractivity contribution is 5.78. The SMILES string of the molecule is Cc1n[nH]c(C)c1CC(C)C(=O)NCC(O)c1ccc(F)cc1. The average molecular weight is 319 g/mol. The van der Waals surface area contributed by atoms with Gasteiger partial charge in [0.25, 0.3) is 0 Å². The van der Waals surface area contributed by atoms with Crippen LogP contribution < -0.4 is 5.32 Å². The van der Waals surface area contributed by atoms with Gasteiger partial charge in [0.1, 0.15) is 5.82 Å². The minimum absolute atomic E-state index is 0.0954. The number of benzene rings is 1. The van der Waals surface area contributed by atoms with Crippen LogP contribution in [-0.4, -0.2) is 27.8 Å². The van der Waals surface area contributed by atoms with Crippen molar-refractivity contribution in [1.82, 2.24) is 15.5 Å². The van der Waals surface area contributed by atoms with Crippen molar-refractivity contribution < 1.29 is 14.3 Å². The first-order chi connectivity index (χ1) is 10.9. The molecule has 0 aliphatic carbocycles. The second-order valence-electron chi connectivity index (χ2n) is 5.83. The molecular weight excluding hydrogens is 297 g/mol. The lowest BCUT2D eigenvalue weighted by atomic mass is 9.99. The lowest BCUT2D eigenvalue weighted by Gasteiger charge is -2.16. The van der Waals surface area contributed by atoms with E-state index in [9.17, 15) is 14.3 Å². The van der Waals surface area contributed by atoms with Crippen molar-refractivity contribution in [3.8, 4) is 0 Å². The largest absolute Gasteiger partial charge is 0.387 e. The zero-order valence-electron chi connectivity index (χ0n) is 13.6. The third-order valence-corrected chi connectivity index (χ3v) is 3.96. The first-order valence-corrected chi connectivity index (χ1v) is 7.60. The zero-order chi connectivity index (χ0) is 17.0. The number of aliphatic hydroxyl groups is 1. The molecule has 2 atom stereocenters. The lowest BCUT2D eigenvalue weighted by Crippen LogP contribution is -2.33. The van der Waals surface area contributed by atoms with Crippen LogP contribution in [0.2, 0.25) is 0 Å². The van der Waals surface area contributed by atoms with Gasteiger partial charge in [-0.25, -0.2) is 4.39 Å². The number of rotatable bonds is 6. The molecule has 0 radical (unpaired) electrons. The normalized spacial score (nSPS) is 13.6. The van der Waals surface area contributed by atoms with Crippen LogP contribution >= 0.6 is 0 Å². The maximum absolute atomic E-state index is 12.9. The predicted molar refractivity (Wildman–Crippen MR) is 85.3 cm³/mol. The number of nitrogens with one attached hydrogen (secondary N) is 2. The average Bonchev–Trinajstić information content (AvgIpc) is 2.84. The Bertz CT molecular complexity index is 647. The fourth-order valence-corrected chi connectivity index (χ4v) is 2.45. The van der Waals surface area contributed by atoms with Crippen LogP contribution in [0.3, 0.4) is 0 Å². The van der Waals surface area contributed by atoms with E-state index in [1.807, 2.05) is 20.8 Å². The van der Waals surface area contributed by atoms with E-state index in [4.69, 9.17) is 0 Å². The number of hydrogen-bond acceptors (Lipinski definition) is 3. The lowest BCUT2D eigenvalue weighted by molar-refractivity contribution is -0.124. The number of aliphatic hydroxyl groups excluding tert-OH is 1. The summed E-state index contributed by atoms with van der Waals surface area (Å²) >= 11 is 0. The first kappa shape index (κ1) is 17.1. The van der Waals surface area contributed by atoms with Gasteiger partial charge >= 0.3 is 0 Å². The van der Waals surface area contributed by atoms with E-state index < -0.39 is 6.10 Å². The molecule has 1 aromatic carbocycles. The van der Waals surface area contributed by atoms with Gasteiger partial charge in [-0.2, -0.15) is 5.10 Å². The molecule has 0 fully saturated rings. The van der Waals surface area contributed by atoms with Crippen molar-refractivity contribution in [3.05, 3.63) is 52.6 Å². The van der Waals surface area contributed by atoms with Gasteiger partial charge in [0.15, 0.2) is 0 Å². The third-order valence-electron chi connectivity index (χ3n) is 3.96. The van der Waals surface area contributed by atoms with Gasteiger partial charge in [0.2, 0.25) is 5.91 Å². The monoisotopic (exact) mass is 319 g/mol. The van der Waals surface area contributed by atoms with E-state index in [-0.39, 0.29) is 24.2 Å².